The fourth-order valence-corrected chi connectivity index (χ4v) is 3.68. The molecule has 0 radical (unpaired) electrons. The summed E-state index contributed by atoms with van der Waals surface area (Å²) in [4.78, 5) is 8.03. The second-order valence-corrected chi connectivity index (χ2v) is 5.58. The second kappa shape index (κ2) is 4.18. The summed E-state index contributed by atoms with van der Waals surface area (Å²) < 4.78 is 0. The van der Waals surface area contributed by atoms with E-state index in [9.17, 15) is 0 Å². The van der Waals surface area contributed by atoms with Crippen LogP contribution in [0, 0.1) is 0 Å². The quantitative estimate of drug-likeness (QED) is 0.806. The zero-order chi connectivity index (χ0) is 10.1. The summed E-state index contributed by atoms with van der Waals surface area (Å²) in [5.74, 6) is 4.44. The predicted molar refractivity (Wildman–Crippen MR) is 63.2 cm³/mol. The molecule has 2 fully saturated rings. The molecule has 1 aromatic rings. The molecule has 0 bridgehead atoms. The summed E-state index contributed by atoms with van der Waals surface area (Å²) in [7, 11) is 0. The van der Waals surface area contributed by atoms with E-state index in [4.69, 9.17) is 0 Å². The van der Waals surface area contributed by atoms with Crippen LogP contribution in [0.5, 0.6) is 0 Å². The van der Waals surface area contributed by atoms with Crippen molar-refractivity contribution in [2.75, 3.05) is 18.1 Å². The highest BCUT2D eigenvalue weighted by Gasteiger charge is 2.23. The van der Waals surface area contributed by atoms with E-state index >= 15 is 0 Å². The maximum atomic E-state index is 4.52. The molecule has 2 aliphatic rings. The average Bonchev–Trinajstić information content (AvgIpc) is 3.02. The van der Waals surface area contributed by atoms with E-state index in [-0.39, 0.29) is 0 Å². The number of aromatic amines is 1. The maximum Gasteiger partial charge on any atom is 0.123 e. The molecule has 15 heavy (non-hydrogen) atoms. The van der Waals surface area contributed by atoms with Gasteiger partial charge in [0.1, 0.15) is 5.82 Å². The highest BCUT2D eigenvalue weighted by Crippen LogP contribution is 2.32. The molecule has 0 saturated carbocycles. The molecule has 0 spiro atoms. The minimum absolute atomic E-state index is 0.479. The Hall–Kier alpha value is -0.480. The summed E-state index contributed by atoms with van der Waals surface area (Å²) in [5, 5.41) is 3.48. The van der Waals surface area contributed by atoms with Gasteiger partial charge in [-0.2, -0.15) is 11.8 Å². The Morgan fingerprint density at radius 2 is 2.40 bits per heavy atom. The summed E-state index contributed by atoms with van der Waals surface area (Å²) >= 11 is 2.06. The Balaban J connectivity index is 1.74. The summed E-state index contributed by atoms with van der Waals surface area (Å²) in [6.45, 7) is 1.14. The lowest BCUT2D eigenvalue weighted by Gasteiger charge is -2.07. The zero-order valence-corrected chi connectivity index (χ0v) is 9.65. The van der Waals surface area contributed by atoms with Crippen molar-refractivity contribution in [2.45, 2.75) is 31.2 Å². The molecule has 2 atom stereocenters. The number of hydrogen-bond donors (Lipinski definition) is 2. The summed E-state index contributed by atoms with van der Waals surface area (Å²) in [6, 6.07) is 0.479. The zero-order valence-electron chi connectivity index (χ0n) is 8.83. The van der Waals surface area contributed by atoms with Crippen molar-refractivity contribution < 1.29 is 0 Å². The maximum absolute atomic E-state index is 4.52. The molecule has 0 amide bonds. The van der Waals surface area contributed by atoms with Crippen LogP contribution in [0.15, 0.2) is 6.20 Å². The van der Waals surface area contributed by atoms with Gasteiger partial charge in [0, 0.05) is 23.6 Å². The fourth-order valence-electron chi connectivity index (χ4n) is 2.43. The molecule has 4 heteroatoms. The van der Waals surface area contributed by atoms with Crippen molar-refractivity contribution in [3.8, 4) is 0 Å². The second-order valence-electron chi connectivity index (χ2n) is 4.43. The van der Waals surface area contributed by atoms with Crippen LogP contribution in [0.2, 0.25) is 0 Å². The molecule has 3 nitrogen and oxygen atoms in total. The summed E-state index contributed by atoms with van der Waals surface area (Å²) in [6.07, 6.45) is 5.86. The van der Waals surface area contributed by atoms with Gasteiger partial charge in [0.15, 0.2) is 0 Å². The monoisotopic (exact) mass is 223 g/mol. The van der Waals surface area contributed by atoms with Crippen LogP contribution in [-0.4, -0.2) is 28.0 Å². The Morgan fingerprint density at radius 3 is 3.13 bits per heavy atom. The lowest BCUT2D eigenvalue weighted by molar-refractivity contribution is 0.608. The fraction of sp³-hybridized carbons (Fsp3) is 0.727. The molecule has 3 heterocycles. The molecule has 2 aliphatic heterocycles. The van der Waals surface area contributed by atoms with Crippen molar-refractivity contribution in [3.05, 3.63) is 17.7 Å². The van der Waals surface area contributed by atoms with Gasteiger partial charge in [-0.15, -0.1) is 0 Å². The SMILES string of the molecule is c1nc(C2CCCN2)[nH]c1C1CCSC1. The first-order valence-corrected chi connectivity index (χ1v) is 6.95. The van der Waals surface area contributed by atoms with Crippen LogP contribution < -0.4 is 5.32 Å². The van der Waals surface area contributed by atoms with E-state index in [0.717, 1.165) is 18.3 Å². The van der Waals surface area contributed by atoms with Crippen LogP contribution in [-0.2, 0) is 0 Å². The van der Waals surface area contributed by atoms with Crippen LogP contribution in [0.25, 0.3) is 0 Å². The topological polar surface area (TPSA) is 40.7 Å². The van der Waals surface area contributed by atoms with E-state index in [2.05, 4.69) is 27.0 Å². The normalized spacial score (nSPS) is 31.2. The van der Waals surface area contributed by atoms with E-state index in [0.29, 0.717) is 6.04 Å². The van der Waals surface area contributed by atoms with Gasteiger partial charge in [-0.1, -0.05) is 0 Å². The average molecular weight is 223 g/mol. The molecule has 82 valence electrons. The van der Waals surface area contributed by atoms with Crippen LogP contribution in [0.1, 0.15) is 42.7 Å². The number of thioether (sulfide) groups is 1. The number of nitrogens with zero attached hydrogens (tertiary/aromatic N) is 1. The third-order valence-electron chi connectivity index (χ3n) is 3.38. The van der Waals surface area contributed by atoms with Crippen LogP contribution in [0.4, 0.5) is 0 Å². The third-order valence-corrected chi connectivity index (χ3v) is 4.54. The van der Waals surface area contributed by atoms with Gasteiger partial charge >= 0.3 is 0 Å². The lowest BCUT2D eigenvalue weighted by Crippen LogP contribution is -2.14. The molecular formula is C11H17N3S. The first-order chi connectivity index (χ1) is 7.43. The summed E-state index contributed by atoms with van der Waals surface area (Å²) in [5.41, 5.74) is 1.35. The number of nitrogens with one attached hydrogen (secondary N) is 2. The first-order valence-electron chi connectivity index (χ1n) is 5.79. The van der Waals surface area contributed by atoms with Crippen LogP contribution in [0.3, 0.4) is 0 Å². The molecule has 0 aliphatic carbocycles. The number of aromatic nitrogens is 2. The molecule has 2 N–H and O–H groups in total. The molecule has 2 saturated heterocycles. The minimum Gasteiger partial charge on any atom is -0.344 e. The van der Waals surface area contributed by atoms with Crippen molar-refractivity contribution in [1.82, 2.24) is 15.3 Å². The number of hydrogen-bond acceptors (Lipinski definition) is 3. The van der Waals surface area contributed by atoms with Gasteiger partial charge in [0.05, 0.1) is 6.04 Å². The Bertz CT molecular complexity index is 294. The third kappa shape index (κ3) is 1.93. The lowest BCUT2D eigenvalue weighted by atomic mass is 10.1. The van der Waals surface area contributed by atoms with E-state index in [1.54, 1.807) is 0 Å². The van der Waals surface area contributed by atoms with Crippen molar-refractivity contribution in [2.24, 2.45) is 0 Å². The highest BCUT2D eigenvalue weighted by molar-refractivity contribution is 7.99. The van der Waals surface area contributed by atoms with Gasteiger partial charge in [-0.3, -0.25) is 0 Å². The first kappa shape index (κ1) is 9.73. The number of H-pyrrole nitrogens is 1. The van der Waals surface area contributed by atoms with Crippen molar-refractivity contribution in [1.29, 1.82) is 0 Å². The molecule has 3 rings (SSSR count). The van der Waals surface area contributed by atoms with Gasteiger partial charge in [0.2, 0.25) is 0 Å². The van der Waals surface area contributed by atoms with Gasteiger partial charge in [-0.25, -0.2) is 4.98 Å². The molecular weight excluding hydrogens is 206 g/mol. The van der Waals surface area contributed by atoms with E-state index in [1.165, 1.54) is 36.5 Å². The van der Waals surface area contributed by atoms with Crippen molar-refractivity contribution in [3.63, 3.8) is 0 Å². The minimum atomic E-state index is 0.479. The molecule has 0 aromatic carbocycles. The van der Waals surface area contributed by atoms with E-state index in [1.807, 2.05) is 6.20 Å². The van der Waals surface area contributed by atoms with Gasteiger partial charge in [-0.05, 0) is 31.6 Å². The standard InChI is InChI=1S/C11H17N3S/c1-2-9(12-4-1)11-13-6-10(14-11)8-3-5-15-7-8/h6,8-9,12H,1-5,7H2,(H,13,14). The van der Waals surface area contributed by atoms with Gasteiger partial charge in [0.25, 0.3) is 0 Å². The molecule has 2 unspecified atom stereocenters. The van der Waals surface area contributed by atoms with Gasteiger partial charge < -0.3 is 10.3 Å². The highest BCUT2D eigenvalue weighted by atomic mass is 32.2. The Labute approximate surface area is 94.4 Å². The van der Waals surface area contributed by atoms with E-state index < -0.39 is 0 Å². The largest absolute Gasteiger partial charge is 0.344 e. The Kier molecular flexibility index (Phi) is 2.71. The van der Waals surface area contributed by atoms with Crippen LogP contribution >= 0.6 is 11.8 Å². The van der Waals surface area contributed by atoms with Crippen molar-refractivity contribution >= 4 is 11.8 Å². The smallest absolute Gasteiger partial charge is 0.123 e. The predicted octanol–water partition coefficient (Wildman–Crippen LogP) is 2.05. The number of rotatable bonds is 2. The Morgan fingerprint density at radius 1 is 1.40 bits per heavy atom. The number of imidazole rings is 1. The molecule has 1 aromatic heterocycles.